The molecule has 4 fully saturated rings. The molecule has 4 saturated carbocycles. The zero-order valence-electron chi connectivity index (χ0n) is 25.8. The van der Waals surface area contributed by atoms with Gasteiger partial charge in [0, 0.05) is 42.2 Å². The van der Waals surface area contributed by atoms with Crippen molar-refractivity contribution in [2.75, 3.05) is 4.90 Å². The molecule has 0 aliphatic heterocycles. The number of nitrogens with zero attached hydrogens (tertiary/aromatic N) is 1. The molecular weight excluding hydrogens is 575 g/mol. The second-order valence-electron chi connectivity index (χ2n) is 14.5. The Balaban J connectivity index is 1.22. The van der Waals surface area contributed by atoms with E-state index in [-0.39, 0.29) is 5.41 Å². The van der Waals surface area contributed by atoms with Crippen LogP contribution in [0.5, 0.6) is 0 Å². The Morgan fingerprint density at radius 2 is 1.17 bits per heavy atom. The van der Waals surface area contributed by atoms with Crippen molar-refractivity contribution in [2.45, 2.75) is 37.5 Å². The van der Waals surface area contributed by atoms with E-state index in [0.29, 0.717) is 0 Å². The molecule has 1 heterocycles. The van der Waals surface area contributed by atoms with Crippen LogP contribution >= 0.6 is 11.3 Å². The lowest BCUT2D eigenvalue weighted by Gasteiger charge is -2.61. The fourth-order valence-corrected chi connectivity index (χ4v) is 12.1. The van der Waals surface area contributed by atoms with E-state index in [1.807, 2.05) is 11.3 Å². The monoisotopic (exact) mass is 609 g/mol. The Bertz CT molecular complexity index is 2330. The molecule has 1 nitrogen and oxygen atoms in total. The molecule has 5 aliphatic rings. The summed E-state index contributed by atoms with van der Waals surface area (Å²) in [6, 6.07) is 48.6. The molecule has 0 amide bonds. The van der Waals surface area contributed by atoms with Crippen LogP contribution in [0.25, 0.3) is 42.1 Å². The third-order valence-electron chi connectivity index (χ3n) is 12.4. The maximum atomic E-state index is 2.60. The molecule has 7 aromatic rings. The van der Waals surface area contributed by atoms with Gasteiger partial charge in [-0.15, -0.1) is 11.3 Å². The summed E-state index contributed by atoms with van der Waals surface area (Å²) in [4.78, 5) is 2.60. The van der Waals surface area contributed by atoms with Gasteiger partial charge in [0.15, 0.2) is 0 Å². The standard InChI is InChI=1S/C44H35NS/c1-2-11-33-29(9-1)10-7-16-39(33)45(32-19-20-42-36(26-32)34-12-4-6-18-41(34)46-42)40-17-8-15-38-43(40)35-13-3-5-14-37(35)44(38)30-22-27-21-28(24-30)25-31(44)23-27/h1-20,26-28,30-31H,21-25H2. The first kappa shape index (κ1) is 25.8. The van der Waals surface area contributed by atoms with Crippen LogP contribution < -0.4 is 4.90 Å². The van der Waals surface area contributed by atoms with Gasteiger partial charge < -0.3 is 4.90 Å². The summed E-state index contributed by atoms with van der Waals surface area (Å²) in [5.41, 5.74) is 10.1. The lowest BCUT2D eigenvalue weighted by molar-refractivity contribution is -0.0399. The van der Waals surface area contributed by atoms with Crippen molar-refractivity contribution >= 4 is 59.3 Å². The van der Waals surface area contributed by atoms with E-state index in [1.165, 1.54) is 91.2 Å². The van der Waals surface area contributed by atoms with Gasteiger partial charge in [0.1, 0.15) is 0 Å². The molecule has 0 unspecified atom stereocenters. The average Bonchev–Trinajstić information content (AvgIpc) is 3.61. The molecule has 1 spiro atoms. The first-order valence-corrected chi connectivity index (χ1v) is 18.0. The number of anilines is 3. The molecule has 5 aliphatic carbocycles. The summed E-state index contributed by atoms with van der Waals surface area (Å²) in [5.74, 6) is 3.38. The molecule has 1 aromatic heterocycles. The smallest absolute Gasteiger partial charge is 0.0543 e. The molecule has 12 rings (SSSR count). The van der Waals surface area contributed by atoms with Gasteiger partial charge in [-0.3, -0.25) is 0 Å². The van der Waals surface area contributed by atoms with Gasteiger partial charge in [-0.2, -0.15) is 0 Å². The maximum absolute atomic E-state index is 2.60. The highest BCUT2D eigenvalue weighted by Gasteiger charge is 2.61. The largest absolute Gasteiger partial charge is 0.309 e. The molecule has 2 heteroatoms. The van der Waals surface area contributed by atoms with E-state index >= 15 is 0 Å². The fourth-order valence-electron chi connectivity index (χ4n) is 11.0. The minimum absolute atomic E-state index is 0.146. The van der Waals surface area contributed by atoms with Crippen molar-refractivity contribution in [3.8, 4) is 11.1 Å². The molecule has 0 atom stereocenters. The summed E-state index contributed by atoms with van der Waals surface area (Å²) in [5, 5.41) is 5.25. The first-order valence-electron chi connectivity index (χ1n) is 17.2. The lowest BCUT2D eigenvalue weighted by atomic mass is 9.43. The predicted octanol–water partition coefficient (Wildman–Crippen LogP) is 12.4. The zero-order chi connectivity index (χ0) is 30.0. The minimum atomic E-state index is 0.146. The minimum Gasteiger partial charge on any atom is -0.309 e. The third-order valence-corrected chi connectivity index (χ3v) is 13.6. The quantitative estimate of drug-likeness (QED) is 0.193. The Kier molecular flexibility index (Phi) is 5.22. The van der Waals surface area contributed by atoms with Crippen molar-refractivity contribution in [2.24, 2.45) is 23.7 Å². The van der Waals surface area contributed by atoms with Crippen molar-refractivity contribution in [3.63, 3.8) is 0 Å². The van der Waals surface area contributed by atoms with Crippen LogP contribution in [0.4, 0.5) is 17.1 Å². The van der Waals surface area contributed by atoms with Crippen LogP contribution in [0.3, 0.4) is 0 Å². The van der Waals surface area contributed by atoms with Crippen molar-refractivity contribution in [1.29, 1.82) is 0 Å². The fraction of sp³-hybridized carbons (Fsp3) is 0.227. The summed E-state index contributed by atoms with van der Waals surface area (Å²) >= 11 is 1.90. The number of hydrogen-bond acceptors (Lipinski definition) is 2. The summed E-state index contributed by atoms with van der Waals surface area (Å²) in [6.07, 6.45) is 7.09. The van der Waals surface area contributed by atoms with E-state index in [0.717, 1.165) is 23.7 Å². The van der Waals surface area contributed by atoms with Gasteiger partial charge in [-0.1, -0.05) is 91.0 Å². The zero-order valence-corrected chi connectivity index (χ0v) is 26.6. The Labute approximate surface area is 274 Å². The van der Waals surface area contributed by atoms with Crippen LogP contribution in [0, 0.1) is 23.7 Å². The normalized spacial score (nSPS) is 25.5. The van der Waals surface area contributed by atoms with E-state index in [1.54, 1.807) is 11.1 Å². The second kappa shape index (κ2) is 9.33. The second-order valence-corrected chi connectivity index (χ2v) is 15.6. The molecule has 6 aromatic carbocycles. The molecular formula is C44H35NS. The van der Waals surface area contributed by atoms with Gasteiger partial charge in [0.05, 0.1) is 11.4 Å². The maximum Gasteiger partial charge on any atom is 0.0543 e. The van der Waals surface area contributed by atoms with Crippen LogP contribution in [-0.2, 0) is 5.41 Å². The Morgan fingerprint density at radius 1 is 0.522 bits per heavy atom. The van der Waals surface area contributed by atoms with E-state index < -0.39 is 0 Å². The number of rotatable bonds is 3. The van der Waals surface area contributed by atoms with Crippen molar-refractivity contribution in [3.05, 3.63) is 139 Å². The average molecular weight is 610 g/mol. The van der Waals surface area contributed by atoms with E-state index in [2.05, 4.69) is 132 Å². The summed E-state index contributed by atoms with van der Waals surface area (Å²) in [7, 11) is 0. The van der Waals surface area contributed by atoms with E-state index in [9.17, 15) is 0 Å². The SMILES string of the molecule is c1ccc2c(c1)-c1c(N(c3ccc4sc5ccccc5c4c3)c3cccc4ccccc34)cccc1C21C2CC3CC(C2)CC1C3. The van der Waals surface area contributed by atoms with Crippen LogP contribution in [-0.4, -0.2) is 0 Å². The van der Waals surface area contributed by atoms with Gasteiger partial charge in [0.25, 0.3) is 0 Å². The molecule has 222 valence electrons. The number of fused-ring (bicyclic) bond motifs is 7. The summed E-state index contributed by atoms with van der Waals surface area (Å²) in [6.45, 7) is 0. The molecule has 0 saturated heterocycles. The lowest BCUT2D eigenvalue weighted by Crippen LogP contribution is -2.55. The molecule has 0 radical (unpaired) electrons. The highest BCUT2D eigenvalue weighted by atomic mass is 32.1. The predicted molar refractivity (Wildman–Crippen MR) is 195 cm³/mol. The molecule has 46 heavy (non-hydrogen) atoms. The first-order chi connectivity index (χ1) is 22.8. The molecule has 4 bridgehead atoms. The number of thiophene rings is 1. The van der Waals surface area contributed by atoms with Crippen LogP contribution in [0.1, 0.15) is 43.2 Å². The van der Waals surface area contributed by atoms with Crippen LogP contribution in [0.15, 0.2) is 127 Å². The Hall–Kier alpha value is -4.40. The van der Waals surface area contributed by atoms with E-state index in [4.69, 9.17) is 0 Å². The van der Waals surface area contributed by atoms with Gasteiger partial charge in [-0.25, -0.2) is 0 Å². The van der Waals surface area contributed by atoms with Gasteiger partial charge in [0.2, 0.25) is 0 Å². The third kappa shape index (κ3) is 3.31. The Morgan fingerprint density at radius 3 is 2.04 bits per heavy atom. The van der Waals surface area contributed by atoms with Crippen molar-refractivity contribution in [1.82, 2.24) is 0 Å². The number of benzene rings is 6. The highest BCUT2D eigenvalue weighted by molar-refractivity contribution is 7.25. The van der Waals surface area contributed by atoms with Crippen LogP contribution in [0.2, 0.25) is 0 Å². The molecule has 0 N–H and O–H groups in total. The number of hydrogen-bond donors (Lipinski definition) is 0. The summed E-state index contributed by atoms with van der Waals surface area (Å²) < 4.78 is 2.70. The highest BCUT2D eigenvalue weighted by Crippen LogP contribution is 2.70. The van der Waals surface area contributed by atoms with Crippen molar-refractivity contribution < 1.29 is 0 Å². The topological polar surface area (TPSA) is 3.24 Å². The van der Waals surface area contributed by atoms with Gasteiger partial charge >= 0.3 is 0 Å². The van der Waals surface area contributed by atoms with Gasteiger partial charge in [-0.05, 0) is 114 Å².